The standard InChI is InChI=1S/C5H2Cl3N.Na.H/c6-3-1-4(7)5(8)9-2-3;;/h1-2H;;/q;+1;-1. The van der Waals surface area contributed by atoms with E-state index in [0.29, 0.717) is 10.0 Å². The van der Waals surface area contributed by atoms with Crippen molar-refractivity contribution in [2.75, 3.05) is 0 Å². The van der Waals surface area contributed by atoms with Gasteiger partial charge in [-0.1, -0.05) is 34.8 Å². The van der Waals surface area contributed by atoms with Crippen LogP contribution in [0.4, 0.5) is 0 Å². The summed E-state index contributed by atoms with van der Waals surface area (Å²) >= 11 is 16.5. The third-order valence-electron chi connectivity index (χ3n) is 0.763. The summed E-state index contributed by atoms with van der Waals surface area (Å²) < 4.78 is 0. The van der Waals surface area contributed by atoms with Gasteiger partial charge < -0.3 is 1.43 Å². The Morgan fingerprint density at radius 2 is 1.90 bits per heavy atom. The first-order chi connectivity index (χ1) is 4.20. The van der Waals surface area contributed by atoms with Gasteiger partial charge in [-0.05, 0) is 6.07 Å². The van der Waals surface area contributed by atoms with Gasteiger partial charge in [-0.3, -0.25) is 0 Å². The van der Waals surface area contributed by atoms with E-state index in [-0.39, 0.29) is 36.1 Å². The Morgan fingerprint density at radius 3 is 2.30 bits per heavy atom. The number of hydrogen-bond acceptors (Lipinski definition) is 1. The molecule has 5 heteroatoms. The number of pyridine rings is 1. The molecular weight excluding hydrogens is 203 g/mol. The van der Waals surface area contributed by atoms with Crippen LogP contribution in [0.3, 0.4) is 0 Å². The molecule has 0 saturated carbocycles. The van der Waals surface area contributed by atoms with Gasteiger partial charge in [0.05, 0.1) is 10.0 Å². The molecule has 10 heavy (non-hydrogen) atoms. The summed E-state index contributed by atoms with van der Waals surface area (Å²) in [6.45, 7) is 0. The fourth-order valence-electron chi connectivity index (χ4n) is 0.398. The zero-order valence-corrected chi connectivity index (χ0v) is 9.50. The fourth-order valence-corrected chi connectivity index (χ4v) is 0.881. The molecular formula is C5H3Cl3NNa. The molecule has 0 amide bonds. The quantitative estimate of drug-likeness (QED) is 0.435. The molecule has 0 fully saturated rings. The number of halogens is 3. The molecule has 0 atom stereocenters. The van der Waals surface area contributed by atoms with Crippen LogP contribution < -0.4 is 29.6 Å². The summed E-state index contributed by atoms with van der Waals surface area (Å²) in [5.41, 5.74) is 0. The molecule has 0 N–H and O–H groups in total. The van der Waals surface area contributed by atoms with Gasteiger partial charge in [0.25, 0.3) is 0 Å². The molecule has 0 aliphatic rings. The first kappa shape index (κ1) is 11.0. The van der Waals surface area contributed by atoms with Gasteiger partial charge in [0, 0.05) is 6.20 Å². The zero-order chi connectivity index (χ0) is 6.85. The smallest absolute Gasteiger partial charge is 1.00 e. The number of hydrogen-bond donors (Lipinski definition) is 0. The largest absolute Gasteiger partial charge is 1.00 e. The molecule has 0 saturated heterocycles. The SMILES string of the molecule is Clc1cnc(Cl)c(Cl)c1.[H-].[Na+]. The van der Waals surface area contributed by atoms with Gasteiger partial charge in [0.15, 0.2) is 0 Å². The van der Waals surface area contributed by atoms with Crippen LogP contribution in [0.15, 0.2) is 12.3 Å². The van der Waals surface area contributed by atoms with E-state index >= 15 is 0 Å². The number of nitrogens with zero attached hydrogens (tertiary/aromatic N) is 1. The molecule has 0 spiro atoms. The van der Waals surface area contributed by atoms with Crippen molar-refractivity contribution in [2.24, 2.45) is 0 Å². The minimum absolute atomic E-state index is 0. The van der Waals surface area contributed by atoms with Crippen molar-refractivity contribution in [3.05, 3.63) is 27.5 Å². The predicted octanol–water partition coefficient (Wildman–Crippen LogP) is 0.158. The van der Waals surface area contributed by atoms with Crippen molar-refractivity contribution in [1.82, 2.24) is 4.98 Å². The first-order valence-corrected chi connectivity index (χ1v) is 3.30. The van der Waals surface area contributed by atoms with E-state index in [4.69, 9.17) is 34.8 Å². The average Bonchev–Trinajstić information content (AvgIpc) is 1.80. The average molecular weight is 206 g/mol. The van der Waals surface area contributed by atoms with Crippen LogP contribution in [0, 0.1) is 0 Å². The molecule has 1 nitrogen and oxygen atoms in total. The Kier molecular flexibility index (Phi) is 5.30. The minimum Gasteiger partial charge on any atom is -1.00 e. The Morgan fingerprint density at radius 1 is 1.30 bits per heavy atom. The summed E-state index contributed by atoms with van der Waals surface area (Å²) in [6.07, 6.45) is 1.44. The second kappa shape index (κ2) is 4.81. The topological polar surface area (TPSA) is 12.9 Å². The van der Waals surface area contributed by atoms with Crippen molar-refractivity contribution in [3.63, 3.8) is 0 Å². The van der Waals surface area contributed by atoms with Crippen molar-refractivity contribution in [2.45, 2.75) is 0 Å². The Labute approximate surface area is 97.5 Å². The van der Waals surface area contributed by atoms with Crippen LogP contribution in [0.5, 0.6) is 0 Å². The Bertz CT molecular complexity index is 233. The van der Waals surface area contributed by atoms with E-state index in [1.54, 1.807) is 6.07 Å². The van der Waals surface area contributed by atoms with Crippen molar-refractivity contribution in [1.29, 1.82) is 0 Å². The first-order valence-electron chi connectivity index (χ1n) is 2.16. The Balaban J connectivity index is 0. The molecule has 0 aliphatic carbocycles. The third-order valence-corrected chi connectivity index (χ3v) is 1.66. The van der Waals surface area contributed by atoms with E-state index in [1.807, 2.05) is 0 Å². The Hall–Kier alpha value is 1.02. The molecule has 50 valence electrons. The van der Waals surface area contributed by atoms with Crippen LogP contribution in [0.1, 0.15) is 1.43 Å². The maximum absolute atomic E-state index is 5.54. The van der Waals surface area contributed by atoms with E-state index < -0.39 is 0 Å². The van der Waals surface area contributed by atoms with Crippen molar-refractivity contribution < 1.29 is 31.0 Å². The molecule has 1 rings (SSSR count). The maximum Gasteiger partial charge on any atom is 1.00 e. The van der Waals surface area contributed by atoms with Crippen LogP contribution in [-0.2, 0) is 0 Å². The van der Waals surface area contributed by atoms with Crippen LogP contribution >= 0.6 is 34.8 Å². The summed E-state index contributed by atoms with van der Waals surface area (Å²) in [5, 5.41) is 1.15. The van der Waals surface area contributed by atoms with Gasteiger partial charge in [0.2, 0.25) is 0 Å². The summed E-state index contributed by atoms with van der Waals surface area (Å²) in [7, 11) is 0. The fraction of sp³-hybridized carbons (Fsp3) is 0. The molecule has 0 aromatic carbocycles. The van der Waals surface area contributed by atoms with Gasteiger partial charge in [0.1, 0.15) is 5.15 Å². The summed E-state index contributed by atoms with van der Waals surface area (Å²) in [4.78, 5) is 3.68. The third kappa shape index (κ3) is 2.95. The van der Waals surface area contributed by atoms with E-state index in [2.05, 4.69) is 4.98 Å². The molecule has 1 aromatic rings. The second-order valence-electron chi connectivity index (χ2n) is 1.43. The zero-order valence-electron chi connectivity index (χ0n) is 6.24. The summed E-state index contributed by atoms with van der Waals surface area (Å²) in [6, 6.07) is 1.54. The van der Waals surface area contributed by atoms with E-state index in [9.17, 15) is 0 Å². The van der Waals surface area contributed by atoms with Crippen molar-refractivity contribution >= 4 is 34.8 Å². The monoisotopic (exact) mass is 205 g/mol. The minimum atomic E-state index is 0. The van der Waals surface area contributed by atoms with Gasteiger partial charge in [-0.15, -0.1) is 0 Å². The van der Waals surface area contributed by atoms with Crippen LogP contribution in [-0.4, -0.2) is 4.98 Å². The van der Waals surface area contributed by atoms with Gasteiger partial charge in [-0.25, -0.2) is 4.98 Å². The van der Waals surface area contributed by atoms with Gasteiger partial charge in [-0.2, -0.15) is 0 Å². The van der Waals surface area contributed by atoms with Crippen molar-refractivity contribution in [3.8, 4) is 0 Å². The number of rotatable bonds is 0. The number of aromatic nitrogens is 1. The summed E-state index contributed by atoms with van der Waals surface area (Å²) in [5.74, 6) is 0. The molecule has 0 bridgehead atoms. The maximum atomic E-state index is 5.54. The second-order valence-corrected chi connectivity index (χ2v) is 2.63. The van der Waals surface area contributed by atoms with E-state index in [1.165, 1.54) is 6.20 Å². The van der Waals surface area contributed by atoms with Gasteiger partial charge >= 0.3 is 29.6 Å². The molecule has 1 heterocycles. The molecule has 1 aromatic heterocycles. The molecule has 0 radical (unpaired) electrons. The predicted molar refractivity (Wildman–Crippen MR) is 40.4 cm³/mol. The normalized spacial score (nSPS) is 8.70. The molecule has 0 aliphatic heterocycles. The van der Waals surface area contributed by atoms with Crippen LogP contribution in [0.25, 0.3) is 0 Å². The molecule has 0 unspecified atom stereocenters. The van der Waals surface area contributed by atoms with Crippen LogP contribution in [0.2, 0.25) is 15.2 Å². The van der Waals surface area contributed by atoms with E-state index in [0.717, 1.165) is 0 Å².